The first-order valence-corrected chi connectivity index (χ1v) is 8.67. The van der Waals surface area contributed by atoms with Crippen molar-refractivity contribution in [2.24, 2.45) is 5.73 Å². The van der Waals surface area contributed by atoms with Crippen LogP contribution in [0.5, 0.6) is 5.75 Å². The molecule has 0 aromatic heterocycles. The molecule has 4 rings (SSSR count). The summed E-state index contributed by atoms with van der Waals surface area (Å²) in [5, 5.41) is 6.36. The molecule has 5 heteroatoms. The largest absolute Gasteiger partial charge is 0.496 e. The molecule has 2 aromatic carbocycles. The molecule has 130 valence electrons. The van der Waals surface area contributed by atoms with Crippen LogP contribution < -0.4 is 21.1 Å². The van der Waals surface area contributed by atoms with E-state index in [1.54, 1.807) is 7.11 Å². The van der Waals surface area contributed by atoms with Gasteiger partial charge in [0.1, 0.15) is 11.3 Å². The Kier molecular flexibility index (Phi) is 3.98. The number of hydrogen-bond donors (Lipinski definition) is 3. The van der Waals surface area contributed by atoms with Crippen molar-refractivity contribution in [1.29, 1.82) is 0 Å². The van der Waals surface area contributed by atoms with Crippen molar-refractivity contribution in [3.05, 3.63) is 64.2 Å². The number of nitrogens with one attached hydrogen (secondary N) is 2. The van der Waals surface area contributed by atoms with E-state index in [4.69, 9.17) is 10.5 Å². The van der Waals surface area contributed by atoms with E-state index in [0.717, 1.165) is 42.0 Å². The van der Waals surface area contributed by atoms with Crippen LogP contribution in [-0.2, 0) is 36.4 Å². The van der Waals surface area contributed by atoms with Gasteiger partial charge < -0.3 is 21.1 Å². The van der Waals surface area contributed by atoms with E-state index in [2.05, 4.69) is 28.8 Å². The second kappa shape index (κ2) is 6.17. The zero-order chi connectivity index (χ0) is 17.4. The lowest BCUT2D eigenvalue weighted by atomic mass is 9.91. The summed E-state index contributed by atoms with van der Waals surface area (Å²) in [5.41, 5.74) is 11.2. The average Bonchev–Trinajstić information content (AvgIpc) is 3.24. The molecule has 0 fully saturated rings. The van der Waals surface area contributed by atoms with Crippen molar-refractivity contribution in [2.45, 2.75) is 38.0 Å². The lowest BCUT2D eigenvalue weighted by molar-refractivity contribution is -0.126. The molecule has 1 aliphatic carbocycles. The summed E-state index contributed by atoms with van der Waals surface area (Å²) >= 11 is 0. The lowest BCUT2D eigenvalue weighted by Gasteiger charge is -2.24. The third kappa shape index (κ3) is 2.69. The minimum Gasteiger partial charge on any atom is -0.496 e. The highest BCUT2D eigenvalue weighted by Gasteiger charge is 2.42. The number of nitrogens with two attached hydrogens (primary N) is 1. The number of hydrogen-bond acceptors (Lipinski definition) is 4. The van der Waals surface area contributed by atoms with Gasteiger partial charge in [-0.15, -0.1) is 0 Å². The highest BCUT2D eigenvalue weighted by atomic mass is 16.5. The fourth-order valence-corrected chi connectivity index (χ4v) is 3.92. The molecule has 1 heterocycles. The molecule has 0 radical (unpaired) electrons. The first kappa shape index (κ1) is 16.1. The Morgan fingerprint density at radius 2 is 2.12 bits per heavy atom. The average molecular weight is 337 g/mol. The standard InChI is InChI=1S/C20H23N3O2/c1-25-18-4-2-3-17-16(18)7-8-20(17,21)19(24)23-10-13-5-6-14-11-22-12-15(14)9-13/h2-6,9,22H,7-8,10-12,21H2,1H3,(H,23,24). The van der Waals surface area contributed by atoms with Crippen LogP contribution in [0.1, 0.15) is 34.2 Å². The molecule has 1 amide bonds. The van der Waals surface area contributed by atoms with Gasteiger partial charge in [-0.1, -0.05) is 30.3 Å². The smallest absolute Gasteiger partial charge is 0.244 e. The van der Waals surface area contributed by atoms with Crippen molar-refractivity contribution in [3.8, 4) is 5.75 Å². The Hall–Kier alpha value is -2.37. The third-order valence-electron chi connectivity index (χ3n) is 5.36. The highest BCUT2D eigenvalue weighted by molar-refractivity contribution is 5.89. The Labute approximate surface area is 147 Å². The molecule has 1 unspecified atom stereocenters. The number of carbonyl (C=O) groups is 1. The molecule has 0 saturated heterocycles. The van der Waals surface area contributed by atoms with E-state index < -0.39 is 5.54 Å². The van der Waals surface area contributed by atoms with Gasteiger partial charge in [-0.25, -0.2) is 0 Å². The fourth-order valence-electron chi connectivity index (χ4n) is 3.92. The van der Waals surface area contributed by atoms with Crippen molar-refractivity contribution in [3.63, 3.8) is 0 Å². The summed E-state index contributed by atoms with van der Waals surface area (Å²) in [6.45, 7) is 2.31. The maximum absolute atomic E-state index is 12.8. The quantitative estimate of drug-likeness (QED) is 0.794. The second-order valence-corrected chi connectivity index (χ2v) is 6.85. The molecule has 2 aromatic rings. The first-order valence-electron chi connectivity index (χ1n) is 8.67. The maximum Gasteiger partial charge on any atom is 0.244 e. The van der Waals surface area contributed by atoms with Crippen LogP contribution >= 0.6 is 0 Å². The molecule has 4 N–H and O–H groups in total. The van der Waals surface area contributed by atoms with Gasteiger partial charge in [0.05, 0.1) is 7.11 Å². The number of rotatable bonds is 4. The van der Waals surface area contributed by atoms with Crippen LogP contribution in [0.25, 0.3) is 0 Å². The summed E-state index contributed by atoms with van der Waals surface area (Å²) in [5.74, 6) is 0.682. The van der Waals surface area contributed by atoms with Crippen molar-refractivity contribution in [2.75, 3.05) is 7.11 Å². The van der Waals surface area contributed by atoms with Crippen LogP contribution in [0.15, 0.2) is 36.4 Å². The molecule has 1 aliphatic heterocycles. The SMILES string of the molecule is COc1cccc2c1CCC2(N)C(=O)NCc1ccc2c(c1)CNC2. The zero-order valence-electron chi connectivity index (χ0n) is 14.4. The normalized spacial score (nSPS) is 20.9. The van der Waals surface area contributed by atoms with Gasteiger partial charge >= 0.3 is 0 Å². The third-order valence-corrected chi connectivity index (χ3v) is 5.36. The fraction of sp³-hybridized carbons (Fsp3) is 0.350. The minimum atomic E-state index is -0.984. The molecular formula is C20H23N3O2. The van der Waals surface area contributed by atoms with Gasteiger partial charge in [0.15, 0.2) is 0 Å². The zero-order valence-corrected chi connectivity index (χ0v) is 14.4. The Morgan fingerprint density at radius 1 is 1.28 bits per heavy atom. The van der Waals surface area contributed by atoms with Crippen LogP contribution in [0.3, 0.4) is 0 Å². The minimum absolute atomic E-state index is 0.127. The molecule has 5 nitrogen and oxygen atoms in total. The summed E-state index contributed by atoms with van der Waals surface area (Å²) in [4.78, 5) is 12.8. The molecule has 2 aliphatic rings. The van der Waals surface area contributed by atoms with Gasteiger partial charge in [0.2, 0.25) is 5.91 Å². The highest BCUT2D eigenvalue weighted by Crippen LogP contribution is 2.39. The molecule has 0 bridgehead atoms. The molecule has 0 spiro atoms. The molecule has 1 atom stereocenters. The van der Waals surface area contributed by atoms with E-state index in [1.165, 1.54) is 11.1 Å². The lowest BCUT2D eigenvalue weighted by Crippen LogP contribution is -2.49. The summed E-state index contributed by atoms with van der Waals surface area (Å²) in [7, 11) is 1.65. The monoisotopic (exact) mass is 337 g/mol. The number of benzene rings is 2. The number of amides is 1. The number of fused-ring (bicyclic) bond motifs is 2. The number of methoxy groups -OCH3 is 1. The summed E-state index contributed by atoms with van der Waals surface area (Å²) in [6.07, 6.45) is 1.36. The van der Waals surface area contributed by atoms with E-state index in [-0.39, 0.29) is 5.91 Å². The predicted molar refractivity (Wildman–Crippen MR) is 96.0 cm³/mol. The van der Waals surface area contributed by atoms with Crippen LogP contribution in [-0.4, -0.2) is 13.0 Å². The van der Waals surface area contributed by atoms with Crippen LogP contribution in [0.2, 0.25) is 0 Å². The van der Waals surface area contributed by atoms with Crippen LogP contribution in [0, 0.1) is 0 Å². The maximum atomic E-state index is 12.8. The van der Waals surface area contributed by atoms with Gasteiger partial charge in [0.25, 0.3) is 0 Å². The topological polar surface area (TPSA) is 76.4 Å². The first-order chi connectivity index (χ1) is 12.1. The second-order valence-electron chi connectivity index (χ2n) is 6.85. The van der Waals surface area contributed by atoms with Gasteiger partial charge in [0, 0.05) is 19.6 Å². The molecule has 0 saturated carbocycles. The Bertz CT molecular complexity index is 834. The van der Waals surface area contributed by atoms with E-state index in [1.807, 2.05) is 18.2 Å². The Balaban J connectivity index is 1.51. The van der Waals surface area contributed by atoms with Gasteiger partial charge in [-0.05, 0) is 46.7 Å². The van der Waals surface area contributed by atoms with E-state index in [9.17, 15) is 4.79 Å². The summed E-state index contributed by atoms with van der Waals surface area (Å²) in [6, 6.07) is 12.1. The Morgan fingerprint density at radius 3 is 2.96 bits per heavy atom. The van der Waals surface area contributed by atoms with Gasteiger partial charge in [-0.3, -0.25) is 4.79 Å². The summed E-state index contributed by atoms with van der Waals surface area (Å²) < 4.78 is 5.41. The number of carbonyl (C=O) groups excluding carboxylic acids is 1. The predicted octanol–water partition coefficient (Wildman–Crippen LogP) is 1.71. The van der Waals surface area contributed by atoms with E-state index in [0.29, 0.717) is 13.0 Å². The van der Waals surface area contributed by atoms with Crippen LogP contribution in [0.4, 0.5) is 0 Å². The van der Waals surface area contributed by atoms with Crippen molar-refractivity contribution in [1.82, 2.24) is 10.6 Å². The molecule has 25 heavy (non-hydrogen) atoms. The van der Waals surface area contributed by atoms with Crippen molar-refractivity contribution >= 4 is 5.91 Å². The van der Waals surface area contributed by atoms with Gasteiger partial charge in [-0.2, -0.15) is 0 Å². The number of ether oxygens (including phenoxy) is 1. The van der Waals surface area contributed by atoms with Crippen molar-refractivity contribution < 1.29 is 9.53 Å². The molecular weight excluding hydrogens is 314 g/mol. The van der Waals surface area contributed by atoms with E-state index >= 15 is 0 Å².